The lowest BCUT2D eigenvalue weighted by Gasteiger charge is -2.30. The molecule has 3 heterocycles. The van der Waals surface area contributed by atoms with Gasteiger partial charge in [-0.2, -0.15) is 0 Å². The molecule has 1 saturated heterocycles. The van der Waals surface area contributed by atoms with Crippen molar-refractivity contribution in [3.05, 3.63) is 28.2 Å². The molecule has 2 N–H and O–H groups in total. The fourth-order valence-electron chi connectivity index (χ4n) is 4.20. The third kappa shape index (κ3) is 6.38. The molecule has 0 amide bonds. The van der Waals surface area contributed by atoms with Crippen molar-refractivity contribution in [2.24, 2.45) is 5.41 Å². The highest BCUT2D eigenvalue weighted by Crippen LogP contribution is 2.31. The van der Waals surface area contributed by atoms with Crippen LogP contribution in [-0.4, -0.2) is 46.3 Å². The molecule has 176 valence electrons. The highest BCUT2D eigenvalue weighted by atomic mass is 32.1. The average Bonchev–Trinajstić information content (AvgIpc) is 3.44. The SMILES string of the molecule is CC(C)(C)C#Cc1cc(NC2CCC(Oc3cc(N4CCCC4)ncn3)CC2)c(C(=O)O)s1. The Hall–Kier alpha value is -2.79. The van der Waals surface area contributed by atoms with Crippen molar-refractivity contribution in [2.45, 2.75) is 71.4 Å². The number of carbonyl (C=O) groups is 1. The molecular weight excluding hydrogens is 436 g/mol. The number of aromatic nitrogens is 2. The number of nitrogens with zero attached hydrogens (tertiary/aromatic N) is 3. The van der Waals surface area contributed by atoms with Crippen LogP contribution in [0.1, 0.15) is 73.8 Å². The van der Waals surface area contributed by atoms with Gasteiger partial charge in [-0.05, 0) is 65.4 Å². The maximum atomic E-state index is 11.7. The Kier molecular flexibility index (Phi) is 7.08. The fraction of sp³-hybridized carbons (Fsp3) is 0.560. The first-order valence-corrected chi connectivity index (χ1v) is 12.5. The van der Waals surface area contributed by atoms with E-state index >= 15 is 0 Å². The lowest BCUT2D eigenvalue weighted by atomic mass is 9.92. The van der Waals surface area contributed by atoms with Crippen LogP contribution < -0.4 is 15.0 Å². The van der Waals surface area contributed by atoms with Crippen molar-refractivity contribution >= 4 is 28.8 Å². The summed E-state index contributed by atoms with van der Waals surface area (Å²) in [5.41, 5.74) is 0.541. The van der Waals surface area contributed by atoms with Gasteiger partial charge < -0.3 is 20.1 Å². The minimum absolute atomic E-state index is 0.110. The maximum Gasteiger partial charge on any atom is 0.348 e. The molecule has 33 heavy (non-hydrogen) atoms. The summed E-state index contributed by atoms with van der Waals surface area (Å²) in [5, 5.41) is 13.1. The largest absolute Gasteiger partial charge is 0.477 e. The fourth-order valence-corrected chi connectivity index (χ4v) is 5.01. The predicted molar refractivity (Wildman–Crippen MR) is 131 cm³/mol. The van der Waals surface area contributed by atoms with Gasteiger partial charge in [-0.1, -0.05) is 11.8 Å². The van der Waals surface area contributed by atoms with E-state index < -0.39 is 5.97 Å². The number of rotatable bonds is 6. The van der Waals surface area contributed by atoms with Crippen LogP contribution >= 0.6 is 11.3 Å². The summed E-state index contributed by atoms with van der Waals surface area (Å²) in [7, 11) is 0. The van der Waals surface area contributed by atoms with Crippen molar-refractivity contribution in [3.63, 3.8) is 0 Å². The molecule has 7 nitrogen and oxygen atoms in total. The van der Waals surface area contributed by atoms with Gasteiger partial charge in [-0.3, -0.25) is 0 Å². The van der Waals surface area contributed by atoms with Gasteiger partial charge in [0, 0.05) is 30.6 Å². The van der Waals surface area contributed by atoms with Gasteiger partial charge in [0.25, 0.3) is 0 Å². The third-order valence-corrected chi connectivity index (χ3v) is 6.90. The molecule has 0 aromatic carbocycles. The molecule has 0 bridgehead atoms. The summed E-state index contributed by atoms with van der Waals surface area (Å²) in [6.07, 6.45) is 7.71. The minimum atomic E-state index is -0.916. The van der Waals surface area contributed by atoms with Crippen molar-refractivity contribution in [1.29, 1.82) is 0 Å². The molecule has 8 heteroatoms. The monoisotopic (exact) mass is 468 g/mol. The van der Waals surface area contributed by atoms with Crippen molar-refractivity contribution < 1.29 is 14.6 Å². The van der Waals surface area contributed by atoms with Crippen LogP contribution in [-0.2, 0) is 0 Å². The lowest BCUT2D eigenvalue weighted by molar-refractivity contribution is 0.0703. The second kappa shape index (κ2) is 10.0. The first kappa shape index (κ1) is 23.4. The number of carboxylic acid groups (broad SMARTS) is 1. The topological polar surface area (TPSA) is 87.6 Å². The molecule has 1 aliphatic carbocycles. The Bertz CT molecular complexity index is 1040. The molecule has 1 saturated carbocycles. The number of nitrogens with one attached hydrogen (secondary N) is 1. The standard InChI is InChI=1S/C25H32N4O3S/c1-25(2,3)11-10-19-14-20(23(33-19)24(30)31)28-17-6-8-18(9-7-17)32-22-15-21(26-16-27-22)29-12-4-5-13-29/h14-18,28H,4-9,12-13H2,1-3H3,(H,30,31). The Morgan fingerprint density at radius 2 is 1.91 bits per heavy atom. The Balaban J connectivity index is 1.34. The summed E-state index contributed by atoms with van der Waals surface area (Å²) >= 11 is 1.23. The maximum absolute atomic E-state index is 11.7. The van der Waals surface area contributed by atoms with Gasteiger partial charge in [-0.25, -0.2) is 14.8 Å². The molecular formula is C25H32N4O3S. The van der Waals surface area contributed by atoms with Crippen molar-refractivity contribution in [3.8, 4) is 17.7 Å². The molecule has 0 spiro atoms. The Morgan fingerprint density at radius 1 is 1.18 bits per heavy atom. The summed E-state index contributed by atoms with van der Waals surface area (Å²) in [4.78, 5) is 23.8. The number of anilines is 2. The summed E-state index contributed by atoms with van der Waals surface area (Å²) in [6.45, 7) is 8.20. The highest BCUT2D eigenvalue weighted by Gasteiger charge is 2.25. The number of ether oxygens (including phenoxy) is 1. The van der Waals surface area contributed by atoms with Gasteiger partial charge in [0.15, 0.2) is 0 Å². The second-order valence-corrected chi connectivity index (χ2v) is 10.9. The zero-order valence-electron chi connectivity index (χ0n) is 19.6. The average molecular weight is 469 g/mol. The number of hydrogen-bond donors (Lipinski definition) is 2. The molecule has 2 aliphatic rings. The van der Waals surface area contributed by atoms with E-state index in [2.05, 4.69) is 32.0 Å². The van der Waals surface area contributed by atoms with E-state index in [1.54, 1.807) is 6.33 Å². The third-order valence-electron chi connectivity index (χ3n) is 5.87. The first-order valence-electron chi connectivity index (χ1n) is 11.7. The van der Waals surface area contributed by atoms with Crippen LogP contribution in [0, 0.1) is 17.3 Å². The van der Waals surface area contributed by atoms with Gasteiger partial charge in [0.05, 0.1) is 10.6 Å². The van der Waals surface area contributed by atoms with E-state index in [1.165, 1.54) is 24.2 Å². The zero-order valence-corrected chi connectivity index (χ0v) is 20.4. The highest BCUT2D eigenvalue weighted by molar-refractivity contribution is 7.15. The smallest absolute Gasteiger partial charge is 0.348 e. The summed E-state index contributed by atoms with van der Waals surface area (Å²) in [5.74, 6) is 6.97. The number of carboxylic acids is 1. The van der Waals surface area contributed by atoms with Crippen LogP contribution in [0.2, 0.25) is 0 Å². The zero-order chi connectivity index (χ0) is 23.4. The molecule has 0 radical (unpaired) electrons. The first-order chi connectivity index (χ1) is 15.8. The second-order valence-electron chi connectivity index (χ2n) is 9.80. The van der Waals surface area contributed by atoms with E-state index in [-0.39, 0.29) is 17.6 Å². The van der Waals surface area contributed by atoms with Crippen LogP contribution in [0.25, 0.3) is 0 Å². The normalized spacial score (nSPS) is 20.8. The Morgan fingerprint density at radius 3 is 2.58 bits per heavy atom. The van der Waals surface area contributed by atoms with E-state index in [4.69, 9.17) is 4.74 Å². The number of thiophene rings is 1. The molecule has 0 atom stereocenters. The quantitative estimate of drug-likeness (QED) is 0.575. The summed E-state index contributed by atoms with van der Waals surface area (Å²) < 4.78 is 6.17. The van der Waals surface area contributed by atoms with E-state index in [1.807, 2.05) is 32.9 Å². The number of aromatic carboxylic acids is 1. The van der Waals surface area contributed by atoms with E-state index in [9.17, 15) is 9.90 Å². The van der Waals surface area contributed by atoms with Gasteiger partial charge in [0.1, 0.15) is 23.1 Å². The molecule has 2 fully saturated rings. The minimum Gasteiger partial charge on any atom is -0.477 e. The molecule has 1 aliphatic heterocycles. The predicted octanol–water partition coefficient (Wildman–Crippen LogP) is 5.04. The lowest BCUT2D eigenvalue weighted by Crippen LogP contribution is -2.31. The number of hydrogen-bond acceptors (Lipinski definition) is 7. The van der Waals surface area contributed by atoms with E-state index in [0.29, 0.717) is 16.4 Å². The van der Waals surface area contributed by atoms with Crippen molar-refractivity contribution in [2.75, 3.05) is 23.3 Å². The summed E-state index contributed by atoms with van der Waals surface area (Å²) in [6, 6.07) is 4.03. The molecule has 2 aromatic rings. The van der Waals surface area contributed by atoms with Crippen LogP contribution in [0.3, 0.4) is 0 Å². The van der Waals surface area contributed by atoms with Gasteiger partial charge >= 0.3 is 5.97 Å². The van der Waals surface area contributed by atoms with Crippen LogP contribution in [0.4, 0.5) is 11.5 Å². The van der Waals surface area contributed by atoms with Crippen LogP contribution in [0.15, 0.2) is 18.5 Å². The molecule has 2 aromatic heterocycles. The Labute approximate surface area is 199 Å². The van der Waals surface area contributed by atoms with Gasteiger partial charge in [0.2, 0.25) is 5.88 Å². The van der Waals surface area contributed by atoms with Gasteiger partial charge in [-0.15, -0.1) is 11.3 Å². The van der Waals surface area contributed by atoms with Crippen molar-refractivity contribution in [1.82, 2.24) is 9.97 Å². The van der Waals surface area contributed by atoms with Crippen LogP contribution in [0.5, 0.6) is 5.88 Å². The molecule has 4 rings (SSSR count). The van der Waals surface area contributed by atoms with E-state index in [0.717, 1.165) is 49.5 Å². The molecule has 0 unspecified atom stereocenters.